The Bertz CT molecular complexity index is 840. The molecule has 0 radical (unpaired) electrons. The van der Waals surface area contributed by atoms with E-state index in [0.717, 1.165) is 72.7 Å². The van der Waals surface area contributed by atoms with Gasteiger partial charge in [0.15, 0.2) is 0 Å². The van der Waals surface area contributed by atoms with Crippen LogP contribution in [-0.2, 0) is 25.7 Å². The molecule has 0 saturated heterocycles. The van der Waals surface area contributed by atoms with Crippen molar-refractivity contribution < 1.29 is 4.74 Å². The smallest absolute Gasteiger partial charge is 0.148 e. The van der Waals surface area contributed by atoms with E-state index in [1.54, 1.807) is 7.11 Å². The number of hydrogen-bond donors (Lipinski definition) is 1. The maximum Gasteiger partial charge on any atom is 0.148 e. The number of aromatic nitrogens is 2. The molecular formula is C24H35N3O. The summed E-state index contributed by atoms with van der Waals surface area (Å²) in [6.07, 6.45) is 7.34. The zero-order chi connectivity index (χ0) is 20.3. The van der Waals surface area contributed by atoms with Crippen molar-refractivity contribution in [3.63, 3.8) is 0 Å². The van der Waals surface area contributed by atoms with Crippen LogP contribution in [0.25, 0.3) is 11.3 Å². The fraction of sp³-hybridized carbons (Fsp3) is 0.583. The Morgan fingerprint density at radius 3 is 2.29 bits per heavy atom. The first kappa shape index (κ1) is 20.6. The molecular weight excluding hydrogens is 346 g/mol. The molecule has 0 spiro atoms. The van der Waals surface area contributed by atoms with Crippen molar-refractivity contribution in [1.82, 2.24) is 9.97 Å². The number of hydrogen-bond acceptors (Lipinski definition) is 4. The first-order chi connectivity index (χ1) is 13.6. The summed E-state index contributed by atoms with van der Waals surface area (Å²) in [6, 6.07) is 2.70. The van der Waals surface area contributed by atoms with Crippen molar-refractivity contribution in [2.24, 2.45) is 0 Å². The Balaban J connectivity index is 2.16. The van der Waals surface area contributed by atoms with Crippen molar-refractivity contribution in [1.29, 1.82) is 0 Å². The third-order valence-electron chi connectivity index (χ3n) is 6.07. The summed E-state index contributed by atoms with van der Waals surface area (Å²) in [7, 11) is 1.79. The van der Waals surface area contributed by atoms with Crippen LogP contribution in [0.3, 0.4) is 0 Å². The van der Waals surface area contributed by atoms with Crippen molar-refractivity contribution in [3.05, 3.63) is 34.1 Å². The average Bonchev–Trinajstić information content (AvgIpc) is 3.21. The second-order valence-electron chi connectivity index (χ2n) is 7.76. The van der Waals surface area contributed by atoms with Gasteiger partial charge in [0, 0.05) is 11.6 Å². The summed E-state index contributed by atoms with van der Waals surface area (Å²) in [5.74, 6) is 1.96. The Hall–Kier alpha value is -2.10. The molecule has 0 atom stereocenters. The molecule has 2 aromatic rings. The van der Waals surface area contributed by atoms with Crippen LogP contribution in [-0.4, -0.2) is 23.1 Å². The van der Waals surface area contributed by atoms with Crippen LogP contribution in [0.5, 0.6) is 5.75 Å². The van der Waals surface area contributed by atoms with Gasteiger partial charge in [-0.2, -0.15) is 0 Å². The molecule has 1 aromatic heterocycles. The average molecular weight is 382 g/mol. The van der Waals surface area contributed by atoms with Crippen LogP contribution in [0.4, 0.5) is 5.82 Å². The third kappa shape index (κ3) is 3.74. The highest BCUT2D eigenvalue weighted by atomic mass is 16.5. The van der Waals surface area contributed by atoms with Gasteiger partial charge in [0.2, 0.25) is 0 Å². The molecule has 0 unspecified atom stereocenters. The fourth-order valence-corrected chi connectivity index (χ4v) is 4.39. The highest BCUT2D eigenvalue weighted by Gasteiger charge is 2.25. The lowest BCUT2D eigenvalue weighted by atomic mass is 9.96. The normalized spacial score (nSPS) is 13.1. The van der Waals surface area contributed by atoms with Gasteiger partial charge < -0.3 is 10.1 Å². The number of fused-ring (bicyclic) bond motifs is 1. The molecule has 0 fully saturated rings. The minimum atomic E-state index is 0.437. The van der Waals surface area contributed by atoms with Gasteiger partial charge in [-0.25, -0.2) is 9.97 Å². The van der Waals surface area contributed by atoms with E-state index in [2.05, 4.69) is 46.0 Å². The van der Waals surface area contributed by atoms with E-state index in [9.17, 15) is 0 Å². The van der Waals surface area contributed by atoms with Crippen molar-refractivity contribution in [3.8, 4) is 17.0 Å². The van der Waals surface area contributed by atoms with E-state index in [-0.39, 0.29) is 0 Å². The molecule has 0 aliphatic heterocycles. The number of rotatable bonds is 8. The molecule has 28 heavy (non-hydrogen) atoms. The second-order valence-corrected chi connectivity index (χ2v) is 7.76. The quantitative estimate of drug-likeness (QED) is 0.639. The number of benzene rings is 1. The van der Waals surface area contributed by atoms with Crippen LogP contribution in [0.2, 0.25) is 0 Å². The van der Waals surface area contributed by atoms with Gasteiger partial charge >= 0.3 is 0 Å². The highest BCUT2D eigenvalue weighted by molar-refractivity contribution is 5.75. The number of methoxy groups -OCH3 is 1. The maximum atomic E-state index is 5.92. The SMILES string of the molecule is CCc1nc(-c2cc(C)c3c(c2OC)CCC3)c(CC)nc1NC(CC)CC. The Kier molecular flexibility index (Phi) is 6.58. The van der Waals surface area contributed by atoms with Gasteiger partial charge in [-0.15, -0.1) is 0 Å². The number of anilines is 1. The largest absolute Gasteiger partial charge is 0.496 e. The van der Waals surface area contributed by atoms with E-state index in [0.29, 0.717) is 6.04 Å². The standard InChI is InChI=1S/C24H35N3O/c1-7-16(8-2)25-24-21(10-4)26-22(20(9-3)27-24)19-14-15(5)17-12-11-13-18(17)23(19)28-6/h14,16H,7-13H2,1-6H3,(H,25,27). The van der Waals surface area contributed by atoms with Crippen LogP contribution in [0.1, 0.15) is 75.0 Å². The number of nitrogens with one attached hydrogen (secondary N) is 1. The lowest BCUT2D eigenvalue weighted by Gasteiger charge is -2.21. The number of nitrogens with zero attached hydrogens (tertiary/aromatic N) is 2. The molecule has 1 heterocycles. The Morgan fingerprint density at radius 1 is 1.00 bits per heavy atom. The Morgan fingerprint density at radius 2 is 1.68 bits per heavy atom. The third-order valence-corrected chi connectivity index (χ3v) is 6.07. The van der Waals surface area contributed by atoms with Crippen molar-refractivity contribution in [2.75, 3.05) is 12.4 Å². The van der Waals surface area contributed by atoms with Crippen LogP contribution in [0.15, 0.2) is 6.07 Å². The molecule has 1 aromatic carbocycles. The molecule has 1 aliphatic carbocycles. The molecule has 4 nitrogen and oxygen atoms in total. The van der Waals surface area contributed by atoms with E-state index in [4.69, 9.17) is 14.7 Å². The summed E-state index contributed by atoms with van der Waals surface area (Å²) in [4.78, 5) is 10.2. The molecule has 3 rings (SSSR count). The zero-order valence-corrected chi connectivity index (χ0v) is 18.4. The first-order valence-electron chi connectivity index (χ1n) is 10.9. The van der Waals surface area contributed by atoms with E-state index in [1.807, 2.05) is 0 Å². The van der Waals surface area contributed by atoms with Gasteiger partial charge in [0.25, 0.3) is 0 Å². The molecule has 1 aliphatic rings. The molecule has 1 N–H and O–H groups in total. The van der Waals surface area contributed by atoms with Crippen LogP contribution >= 0.6 is 0 Å². The molecule has 0 amide bonds. The van der Waals surface area contributed by atoms with Gasteiger partial charge in [-0.3, -0.25) is 0 Å². The fourth-order valence-electron chi connectivity index (χ4n) is 4.39. The van der Waals surface area contributed by atoms with Crippen molar-refractivity contribution in [2.45, 2.75) is 85.6 Å². The molecule has 152 valence electrons. The van der Waals surface area contributed by atoms with E-state index >= 15 is 0 Å². The summed E-state index contributed by atoms with van der Waals surface area (Å²) >= 11 is 0. The minimum absolute atomic E-state index is 0.437. The molecule has 0 saturated carbocycles. The van der Waals surface area contributed by atoms with Crippen molar-refractivity contribution >= 4 is 5.82 Å². The predicted octanol–water partition coefficient (Wildman–Crippen LogP) is 5.67. The summed E-state index contributed by atoms with van der Waals surface area (Å²) in [5.41, 5.74) is 8.37. The summed E-state index contributed by atoms with van der Waals surface area (Å²) < 4.78 is 5.92. The molecule has 0 bridgehead atoms. The lowest BCUT2D eigenvalue weighted by Crippen LogP contribution is -2.20. The van der Waals surface area contributed by atoms with Gasteiger partial charge in [0.1, 0.15) is 11.6 Å². The minimum Gasteiger partial charge on any atom is -0.496 e. The zero-order valence-electron chi connectivity index (χ0n) is 18.4. The van der Waals surface area contributed by atoms with Gasteiger partial charge in [-0.05, 0) is 74.6 Å². The van der Waals surface area contributed by atoms with Gasteiger partial charge in [0.05, 0.1) is 24.2 Å². The second kappa shape index (κ2) is 8.93. The first-order valence-corrected chi connectivity index (χ1v) is 10.9. The maximum absolute atomic E-state index is 5.92. The Labute approximate surface area is 170 Å². The monoisotopic (exact) mass is 381 g/mol. The van der Waals surface area contributed by atoms with Crippen LogP contribution in [0, 0.1) is 6.92 Å². The highest BCUT2D eigenvalue weighted by Crippen LogP contribution is 2.41. The van der Waals surface area contributed by atoms with Gasteiger partial charge in [-0.1, -0.05) is 27.7 Å². The van der Waals surface area contributed by atoms with E-state index < -0.39 is 0 Å². The summed E-state index contributed by atoms with van der Waals surface area (Å²) in [6.45, 7) is 11.0. The summed E-state index contributed by atoms with van der Waals surface area (Å²) in [5, 5.41) is 3.63. The molecule has 4 heteroatoms. The predicted molar refractivity (Wildman–Crippen MR) is 118 cm³/mol. The lowest BCUT2D eigenvalue weighted by molar-refractivity contribution is 0.411. The number of ether oxygens (including phenoxy) is 1. The number of aryl methyl sites for hydroxylation is 3. The van der Waals surface area contributed by atoms with Crippen LogP contribution < -0.4 is 10.1 Å². The van der Waals surface area contributed by atoms with E-state index in [1.165, 1.54) is 23.1 Å². The topological polar surface area (TPSA) is 47.0 Å².